The quantitative estimate of drug-likeness (QED) is 0.477. The second-order valence-corrected chi connectivity index (χ2v) is 8.91. The summed E-state index contributed by atoms with van der Waals surface area (Å²) < 4.78 is 0. The highest BCUT2D eigenvalue weighted by atomic mass is 35.5. The van der Waals surface area contributed by atoms with Crippen molar-refractivity contribution >= 4 is 35.0 Å². The van der Waals surface area contributed by atoms with Crippen LogP contribution in [0.25, 0.3) is 11.3 Å². The van der Waals surface area contributed by atoms with Crippen LogP contribution in [0.1, 0.15) is 6.42 Å². The molecule has 1 N–H and O–H groups in total. The van der Waals surface area contributed by atoms with Gasteiger partial charge in [-0.1, -0.05) is 54.1 Å². The van der Waals surface area contributed by atoms with Crippen molar-refractivity contribution in [2.24, 2.45) is 0 Å². The molecule has 1 aliphatic rings. The number of halogens is 1. The van der Waals surface area contributed by atoms with Gasteiger partial charge in [0.05, 0.1) is 5.69 Å². The Labute approximate surface area is 216 Å². The third-order valence-corrected chi connectivity index (χ3v) is 6.17. The summed E-state index contributed by atoms with van der Waals surface area (Å²) in [4.78, 5) is 31.3. The van der Waals surface area contributed by atoms with E-state index in [1.54, 1.807) is 35.2 Å². The molecular weight excluding hydrogens is 476 g/mol. The molecule has 0 bridgehead atoms. The normalized spacial score (nSPS) is 13.6. The second-order valence-electron chi connectivity index (χ2n) is 8.47. The molecule has 0 radical (unpaired) electrons. The van der Waals surface area contributed by atoms with Crippen LogP contribution in [0.4, 0.5) is 16.3 Å². The number of anilines is 2. The fraction of sp³-hybridized carbons (Fsp3) is 0.259. The summed E-state index contributed by atoms with van der Waals surface area (Å²) in [6.07, 6.45) is 2.40. The van der Waals surface area contributed by atoms with E-state index in [2.05, 4.69) is 27.0 Å². The standard InChI is InChI=1S/C27H29ClN6O2/c1-2-14-34(27(36)29-23-11-6-10-22(28)19-23)20-26(35)33-16-7-15-32(17-18-33)25-13-12-24(30-31-25)21-8-4-3-5-9-21/h2-6,8-13,19H,1,7,14-18,20H2,(H,29,36). The van der Waals surface area contributed by atoms with Crippen LogP contribution in [0.2, 0.25) is 5.02 Å². The van der Waals surface area contributed by atoms with Crippen molar-refractivity contribution in [2.75, 3.05) is 49.5 Å². The van der Waals surface area contributed by atoms with Crippen LogP contribution in [-0.2, 0) is 4.79 Å². The van der Waals surface area contributed by atoms with Crippen molar-refractivity contribution in [1.82, 2.24) is 20.0 Å². The molecular formula is C27H29ClN6O2. The van der Waals surface area contributed by atoms with Gasteiger partial charge in [-0.25, -0.2) is 4.79 Å². The van der Waals surface area contributed by atoms with Crippen molar-refractivity contribution in [3.05, 3.63) is 84.4 Å². The van der Waals surface area contributed by atoms with Crippen LogP contribution in [0.15, 0.2) is 79.4 Å². The van der Waals surface area contributed by atoms with Gasteiger partial charge in [0.2, 0.25) is 5.91 Å². The molecule has 8 nitrogen and oxygen atoms in total. The van der Waals surface area contributed by atoms with Crippen LogP contribution in [-0.4, -0.2) is 71.2 Å². The number of aromatic nitrogens is 2. The molecule has 36 heavy (non-hydrogen) atoms. The van der Waals surface area contributed by atoms with Gasteiger partial charge >= 0.3 is 6.03 Å². The first kappa shape index (κ1) is 25.2. The maximum absolute atomic E-state index is 13.1. The summed E-state index contributed by atoms with van der Waals surface area (Å²) in [5.41, 5.74) is 2.41. The second kappa shape index (κ2) is 12.2. The molecule has 0 unspecified atom stereocenters. The number of rotatable bonds is 7. The third kappa shape index (κ3) is 6.60. The Kier molecular flexibility index (Phi) is 8.52. The minimum Gasteiger partial charge on any atom is -0.353 e. The molecule has 0 saturated carbocycles. The molecule has 1 saturated heterocycles. The molecule has 0 spiro atoms. The molecule has 1 aliphatic heterocycles. The van der Waals surface area contributed by atoms with Gasteiger partial charge < -0.3 is 20.0 Å². The van der Waals surface area contributed by atoms with Crippen molar-refractivity contribution in [3.63, 3.8) is 0 Å². The van der Waals surface area contributed by atoms with Crippen LogP contribution in [0.5, 0.6) is 0 Å². The number of urea groups is 1. The molecule has 2 aromatic carbocycles. The Bertz CT molecular complexity index is 1190. The van der Waals surface area contributed by atoms with Gasteiger partial charge in [0.25, 0.3) is 0 Å². The number of carbonyl (C=O) groups is 2. The lowest BCUT2D eigenvalue weighted by molar-refractivity contribution is -0.131. The van der Waals surface area contributed by atoms with Gasteiger partial charge in [-0.05, 0) is 36.8 Å². The molecule has 1 fully saturated rings. The molecule has 3 aromatic rings. The minimum absolute atomic E-state index is 0.0377. The highest BCUT2D eigenvalue weighted by molar-refractivity contribution is 6.30. The monoisotopic (exact) mass is 504 g/mol. The number of hydrogen-bond acceptors (Lipinski definition) is 5. The van der Waals surface area contributed by atoms with Crippen molar-refractivity contribution < 1.29 is 9.59 Å². The van der Waals surface area contributed by atoms with E-state index >= 15 is 0 Å². The van der Waals surface area contributed by atoms with Crippen LogP contribution < -0.4 is 10.2 Å². The van der Waals surface area contributed by atoms with Crippen molar-refractivity contribution in [2.45, 2.75) is 6.42 Å². The summed E-state index contributed by atoms with van der Waals surface area (Å²) in [5.74, 6) is 0.684. The lowest BCUT2D eigenvalue weighted by atomic mass is 10.1. The molecule has 1 aromatic heterocycles. The van der Waals surface area contributed by atoms with Crippen LogP contribution >= 0.6 is 11.6 Å². The van der Waals surface area contributed by atoms with E-state index in [1.165, 1.54) is 4.90 Å². The first-order valence-corrected chi connectivity index (χ1v) is 12.3. The van der Waals surface area contributed by atoms with Gasteiger partial charge in [0.1, 0.15) is 6.54 Å². The fourth-order valence-corrected chi connectivity index (χ4v) is 4.25. The van der Waals surface area contributed by atoms with Gasteiger partial charge in [0.15, 0.2) is 5.82 Å². The Balaban J connectivity index is 1.34. The lowest BCUT2D eigenvalue weighted by Gasteiger charge is -2.26. The zero-order chi connectivity index (χ0) is 25.3. The minimum atomic E-state index is -0.379. The van der Waals surface area contributed by atoms with E-state index in [0.717, 1.165) is 30.0 Å². The smallest absolute Gasteiger partial charge is 0.322 e. The van der Waals surface area contributed by atoms with E-state index in [-0.39, 0.29) is 25.0 Å². The summed E-state index contributed by atoms with van der Waals surface area (Å²) in [6, 6.07) is 20.4. The number of amides is 3. The Hall–Kier alpha value is -3.91. The maximum Gasteiger partial charge on any atom is 0.322 e. The Morgan fingerprint density at radius 1 is 1.00 bits per heavy atom. The zero-order valence-corrected chi connectivity index (χ0v) is 20.8. The highest BCUT2D eigenvalue weighted by Gasteiger charge is 2.24. The number of nitrogens with one attached hydrogen (secondary N) is 1. The molecule has 0 aliphatic carbocycles. The summed E-state index contributed by atoms with van der Waals surface area (Å²) in [7, 11) is 0. The predicted molar refractivity (Wildman–Crippen MR) is 143 cm³/mol. The van der Waals surface area contributed by atoms with E-state index < -0.39 is 0 Å². The largest absolute Gasteiger partial charge is 0.353 e. The van der Waals surface area contributed by atoms with E-state index in [9.17, 15) is 9.59 Å². The molecule has 4 rings (SSSR count). The van der Waals surface area contributed by atoms with Gasteiger partial charge in [-0.15, -0.1) is 16.8 Å². The number of benzene rings is 2. The number of carbonyl (C=O) groups excluding carboxylic acids is 2. The average molecular weight is 505 g/mol. The van der Waals surface area contributed by atoms with Crippen molar-refractivity contribution in [1.29, 1.82) is 0 Å². The van der Waals surface area contributed by atoms with Crippen molar-refractivity contribution in [3.8, 4) is 11.3 Å². The van der Waals surface area contributed by atoms with E-state index in [4.69, 9.17) is 11.6 Å². The van der Waals surface area contributed by atoms with Crippen LogP contribution in [0.3, 0.4) is 0 Å². The zero-order valence-electron chi connectivity index (χ0n) is 20.0. The summed E-state index contributed by atoms with van der Waals surface area (Å²) in [6.45, 7) is 6.50. The molecule has 3 amide bonds. The average Bonchev–Trinajstić information content (AvgIpc) is 3.16. The van der Waals surface area contributed by atoms with Crippen LogP contribution in [0, 0.1) is 0 Å². The molecule has 2 heterocycles. The van der Waals surface area contributed by atoms with Gasteiger partial charge in [-0.2, -0.15) is 0 Å². The lowest BCUT2D eigenvalue weighted by Crippen LogP contribution is -2.45. The topological polar surface area (TPSA) is 81.7 Å². The SMILES string of the molecule is C=CCN(CC(=O)N1CCCN(c2ccc(-c3ccccc3)nn2)CC1)C(=O)Nc1cccc(Cl)c1. The first-order chi connectivity index (χ1) is 17.5. The van der Waals surface area contributed by atoms with E-state index in [0.29, 0.717) is 30.3 Å². The maximum atomic E-state index is 13.1. The first-order valence-electron chi connectivity index (χ1n) is 11.9. The van der Waals surface area contributed by atoms with Gasteiger partial charge in [-0.3, -0.25) is 4.79 Å². The third-order valence-electron chi connectivity index (χ3n) is 5.93. The van der Waals surface area contributed by atoms with Gasteiger partial charge in [0, 0.05) is 49.0 Å². The molecule has 9 heteroatoms. The summed E-state index contributed by atoms with van der Waals surface area (Å²) >= 11 is 6.01. The molecule has 186 valence electrons. The van der Waals surface area contributed by atoms with E-state index in [1.807, 2.05) is 42.5 Å². The Morgan fingerprint density at radius 2 is 1.83 bits per heavy atom. The number of hydrogen-bond donors (Lipinski definition) is 1. The highest BCUT2D eigenvalue weighted by Crippen LogP contribution is 2.19. The molecule has 0 atom stereocenters. The number of nitrogens with zero attached hydrogens (tertiary/aromatic N) is 5. The summed E-state index contributed by atoms with van der Waals surface area (Å²) in [5, 5.41) is 12.1. The predicted octanol–water partition coefficient (Wildman–Crippen LogP) is 4.56. The fourth-order valence-electron chi connectivity index (χ4n) is 4.06. The Morgan fingerprint density at radius 3 is 2.56 bits per heavy atom.